The van der Waals surface area contributed by atoms with Crippen LogP contribution in [0.1, 0.15) is 25.8 Å². The molecular weight excluding hydrogens is 268 g/mol. The van der Waals surface area contributed by atoms with E-state index in [1.807, 2.05) is 13.8 Å². The molecule has 0 radical (unpaired) electrons. The number of nitrogens with one attached hydrogen (secondary N) is 1. The van der Waals surface area contributed by atoms with Crippen molar-refractivity contribution in [3.8, 4) is 11.8 Å². The average Bonchev–Trinajstić information content (AvgIpc) is 2.49. The SMILES string of the molecule is CC1(C)C(O)CC1NCC(O)COc1ccccc1C#N. The Morgan fingerprint density at radius 2 is 2.19 bits per heavy atom. The highest BCUT2D eigenvalue weighted by Crippen LogP contribution is 2.40. The summed E-state index contributed by atoms with van der Waals surface area (Å²) >= 11 is 0. The van der Waals surface area contributed by atoms with E-state index in [0.29, 0.717) is 24.3 Å². The molecule has 0 spiro atoms. The van der Waals surface area contributed by atoms with Gasteiger partial charge in [-0.2, -0.15) is 5.26 Å². The van der Waals surface area contributed by atoms with Crippen molar-refractivity contribution in [2.45, 2.75) is 38.5 Å². The van der Waals surface area contributed by atoms with Gasteiger partial charge in [0.2, 0.25) is 0 Å². The molecule has 21 heavy (non-hydrogen) atoms. The summed E-state index contributed by atoms with van der Waals surface area (Å²) in [5.74, 6) is 0.485. The molecule has 1 aliphatic carbocycles. The van der Waals surface area contributed by atoms with Gasteiger partial charge in [0.1, 0.15) is 24.5 Å². The van der Waals surface area contributed by atoms with E-state index in [1.54, 1.807) is 24.3 Å². The molecule has 0 amide bonds. The van der Waals surface area contributed by atoms with Crippen molar-refractivity contribution in [1.82, 2.24) is 5.32 Å². The smallest absolute Gasteiger partial charge is 0.137 e. The largest absolute Gasteiger partial charge is 0.489 e. The summed E-state index contributed by atoms with van der Waals surface area (Å²) in [6, 6.07) is 9.21. The summed E-state index contributed by atoms with van der Waals surface area (Å²) in [5, 5.41) is 31.8. The van der Waals surface area contributed by atoms with E-state index in [9.17, 15) is 10.2 Å². The van der Waals surface area contributed by atoms with Gasteiger partial charge in [0, 0.05) is 18.0 Å². The molecule has 1 aromatic carbocycles. The van der Waals surface area contributed by atoms with Gasteiger partial charge in [-0.1, -0.05) is 26.0 Å². The Morgan fingerprint density at radius 1 is 1.48 bits per heavy atom. The Bertz CT molecular complexity index is 524. The molecule has 0 aromatic heterocycles. The predicted octanol–water partition coefficient (Wildman–Crippen LogP) is 1.05. The fourth-order valence-corrected chi connectivity index (χ4v) is 2.46. The number of aliphatic hydroxyl groups excluding tert-OH is 2. The van der Waals surface area contributed by atoms with Crippen molar-refractivity contribution < 1.29 is 14.9 Å². The van der Waals surface area contributed by atoms with E-state index in [-0.39, 0.29) is 24.2 Å². The summed E-state index contributed by atoms with van der Waals surface area (Å²) in [4.78, 5) is 0. The van der Waals surface area contributed by atoms with Crippen LogP contribution in [0.25, 0.3) is 0 Å². The lowest BCUT2D eigenvalue weighted by Crippen LogP contribution is -2.61. The van der Waals surface area contributed by atoms with Gasteiger partial charge < -0.3 is 20.3 Å². The molecule has 5 nitrogen and oxygen atoms in total. The molecule has 0 heterocycles. The maximum Gasteiger partial charge on any atom is 0.137 e. The standard InChI is InChI=1S/C16H22N2O3/c1-16(2)14(7-15(16)20)18-9-12(19)10-21-13-6-4-3-5-11(13)8-17/h3-6,12,14-15,18-20H,7,9-10H2,1-2H3. The van der Waals surface area contributed by atoms with Crippen molar-refractivity contribution in [1.29, 1.82) is 5.26 Å². The second-order valence-electron chi connectivity index (χ2n) is 6.11. The van der Waals surface area contributed by atoms with E-state index in [4.69, 9.17) is 10.00 Å². The van der Waals surface area contributed by atoms with Gasteiger partial charge in [0.05, 0.1) is 11.7 Å². The van der Waals surface area contributed by atoms with Gasteiger partial charge >= 0.3 is 0 Å². The van der Waals surface area contributed by atoms with Crippen molar-refractivity contribution >= 4 is 0 Å². The number of rotatable bonds is 6. The number of ether oxygens (including phenoxy) is 1. The molecule has 2 rings (SSSR count). The molecule has 1 aliphatic rings. The number of para-hydroxylation sites is 1. The van der Waals surface area contributed by atoms with Gasteiger partial charge in [0.15, 0.2) is 0 Å². The number of nitriles is 1. The summed E-state index contributed by atoms with van der Waals surface area (Å²) in [6.45, 7) is 4.53. The minimum absolute atomic E-state index is 0.126. The Hall–Kier alpha value is -1.61. The first kappa shape index (κ1) is 15.8. The second-order valence-corrected chi connectivity index (χ2v) is 6.11. The molecule has 0 saturated heterocycles. The highest BCUT2D eigenvalue weighted by Gasteiger charge is 2.46. The molecule has 1 aromatic rings. The highest BCUT2D eigenvalue weighted by molar-refractivity contribution is 5.42. The zero-order chi connectivity index (χ0) is 15.5. The molecular formula is C16H22N2O3. The zero-order valence-electron chi connectivity index (χ0n) is 12.4. The monoisotopic (exact) mass is 290 g/mol. The van der Waals surface area contributed by atoms with Crippen molar-refractivity contribution in [3.05, 3.63) is 29.8 Å². The van der Waals surface area contributed by atoms with Crippen LogP contribution in [-0.2, 0) is 0 Å². The third kappa shape index (κ3) is 3.53. The van der Waals surface area contributed by atoms with Crippen LogP contribution in [0.2, 0.25) is 0 Å². The highest BCUT2D eigenvalue weighted by atomic mass is 16.5. The second kappa shape index (κ2) is 6.44. The quantitative estimate of drug-likeness (QED) is 0.729. The van der Waals surface area contributed by atoms with Crippen LogP contribution >= 0.6 is 0 Å². The maximum absolute atomic E-state index is 9.95. The number of nitrogens with zero attached hydrogens (tertiary/aromatic N) is 1. The molecule has 1 fully saturated rings. The Labute approximate surface area is 125 Å². The van der Waals surface area contributed by atoms with E-state index >= 15 is 0 Å². The summed E-state index contributed by atoms with van der Waals surface area (Å²) in [6.07, 6.45) is -0.242. The van der Waals surface area contributed by atoms with E-state index < -0.39 is 6.10 Å². The molecule has 5 heteroatoms. The topological polar surface area (TPSA) is 85.5 Å². The van der Waals surface area contributed by atoms with Crippen LogP contribution in [0.3, 0.4) is 0 Å². The third-order valence-electron chi connectivity index (χ3n) is 4.25. The minimum Gasteiger partial charge on any atom is -0.489 e. The lowest BCUT2D eigenvalue weighted by atomic mass is 9.64. The molecule has 3 N–H and O–H groups in total. The normalized spacial score (nSPS) is 24.7. The molecule has 3 atom stereocenters. The van der Waals surface area contributed by atoms with E-state index in [0.717, 1.165) is 0 Å². The Morgan fingerprint density at radius 3 is 2.81 bits per heavy atom. The Balaban J connectivity index is 1.76. The summed E-state index contributed by atoms with van der Waals surface area (Å²) in [5.41, 5.74) is 0.300. The van der Waals surface area contributed by atoms with Crippen LogP contribution < -0.4 is 10.1 Å². The summed E-state index contributed by atoms with van der Waals surface area (Å²) in [7, 11) is 0. The lowest BCUT2D eigenvalue weighted by molar-refractivity contribution is -0.0755. The molecule has 1 saturated carbocycles. The summed E-state index contributed by atoms with van der Waals surface area (Å²) < 4.78 is 5.48. The van der Waals surface area contributed by atoms with Crippen molar-refractivity contribution in [2.75, 3.05) is 13.2 Å². The number of hydrogen-bond acceptors (Lipinski definition) is 5. The average molecular weight is 290 g/mol. The number of hydrogen-bond donors (Lipinski definition) is 3. The minimum atomic E-state index is -0.662. The molecule has 3 unspecified atom stereocenters. The fourth-order valence-electron chi connectivity index (χ4n) is 2.46. The fraction of sp³-hybridized carbons (Fsp3) is 0.562. The zero-order valence-corrected chi connectivity index (χ0v) is 12.4. The maximum atomic E-state index is 9.95. The van der Waals surface area contributed by atoms with Gasteiger partial charge in [-0.15, -0.1) is 0 Å². The molecule has 0 bridgehead atoms. The Kier molecular flexibility index (Phi) is 4.84. The third-order valence-corrected chi connectivity index (χ3v) is 4.25. The van der Waals surface area contributed by atoms with E-state index in [2.05, 4.69) is 11.4 Å². The van der Waals surface area contributed by atoms with Gasteiger partial charge in [-0.3, -0.25) is 0 Å². The van der Waals surface area contributed by atoms with Crippen LogP contribution in [-0.4, -0.2) is 41.6 Å². The lowest BCUT2D eigenvalue weighted by Gasteiger charge is -2.49. The molecule has 114 valence electrons. The van der Waals surface area contributed by atoms with E-state index in [1.165, 1.54) is 0 Å². The first-order chi connectivity index (χ1) is 9.95. The number of benzene rings is 1. The van der Waals surface area contributed by atoms with Crippen LogP contribution in [0.15, 0.2) is 24.3 Å². The predicted molar refractivity (Wildman–Crippen MR) is 78.9 cm³/mol. The van der Waals surface area contributed by atoms with Gasteiger partial charge in [-0.05, 0) is 18.6 Å². The molecule has 0 aliphatic heterocycles. The van der Waals surface area contributed by atoms with Crippen LogP contribution in [0, 0.1) is 16.7 Å². The first-order valence-electron chi connectivity index (χ1n) is 7.16. The van der Waals surface area contributed by atoms with Crippen LogP contribution in [0.4, 0.5) is 0 Å². The van der Waals surface area contributed by atoms with Gasteiger partial charge in [0.25, 0.3) is 0 Å². The number of aliphatic hydroxyl groups is 2. The van der Waals surface area contributed by atoms with Crippen LogP contribution in [0.5, 0.6) is 5.75 Å². The van der Waals surface area contributed by atoms with Crippen molar-refractivity contribution in [2.24, 2.45) is 5.41 Å². The van der Waals surface area contributed by atoms with Gasteiger partial charge in [-0.25, -0.2) is 0 Å². The first-order valence-corrected chi connectivity index (χ1v) is 7.16. The van der Waals surface area contributed by atoms with Crippen molar-refractivity contribution in [3.63, 3.8) is 0 Å².